The minimum absolute atomic E-state index is 0.116. The summed E-state index contributed by atoms with van der Waals surface area (Å²) in [7, 11) is 0. The largest absolute Gasteiger partial charge is 0.318 e. The van der Waals surface area contributed by atoms with Crippen LogP contribution in [0.25, 0.3) is 11.8 Å². The molecule has 2 heterocycles. The monoisotopic (exact) mass is 328 g/mol. The zero-order valence-electron chi connectivity index (χ0n) is 12.6. The van der Waals surface area contributed by atoms with Gasteiger partial charge in [0.2, 0.25) is 0 Å². The summed E-state index contributed by atoms with van der Waals surface area (Å²) < 4.78 is 2.71. The molecule has 3 nitrogen and oxygen atoms in total. The number of rotatable bonds is 2. The number of thioether (sulfide) groups is 1. The van der Waals surface area contributed by atoms with Crippen molar-refractivity contribution in [3.8, 4) is 5.69 Å². The smallest absolute Gasteiger partial charge is 0.263 e. The van der Waals surface area contributed by atoms with Crippen molar-refractivity contribution in [2.45, 2.75) is 20.8 Å². The van der Waals surface area contributed by atoms with Gasteiger partial charge >= 0.3 is 0 Å². The van der Waals surface area contributed by atoms with Crippen LogP contribution in [0.2, 0.25) is 0 Å². The molecule has 0 saturated carbocycles. The van der Waals surface area contributed by atoms with Gasteiger partial charge in [0.15, 0.2) is 0 Å². The van der Waals surface area contributed by atoms with Crippen LogP contribution in [0.15, 0.2) is 35.2 Å². The van der Waals surface area contributed by atoms with Crippen molar-refractivity contribution in [1.82, 2.24) is 9.88 Å². The molecule has 0 radical (unpaired) electrons. The lowest BCUT2D eigenvalue weighted by Crippen LogP contribution is -2.17. The summed E-state index contributed by atoms with van der Waals surface area (Å²) >= 11 is 6.34. The predicted octanol–water partition coefficient (Wildman–Crippen LogP) is 3.89. The number of nitrogens with zero attached hydrogens (tertiary/aromatic N) is 1. The van der Waals surface area contributed by atoms with Gasteiger partial charge in [0.1, 0.15) is 4.32 Å². The van der Waals surface area contributed by atoms with Gasteiger partial charge in [-0.3, -0.25) is 4.79 Å². The molecule has 112 valence electrons. The van der Waals surface area contributed by atoms with E-state index in [-0.39, 0.29) is 5.91 Å². The van der Waals surface area contributed by atoms with Crippen LogP contribution in [0.5, 0.6) is 0 Å². The Labute approximate surface area is 139 Å². The van der Waals surface area contributed by atoms with Gasteiger partial charge in [-0.25, -0.2) is 0 Å². The fourth-order valence-corrected chi connectivity index (χ4v) is 3.62. The third-order valence-electron chi connectivity index (χ3n) is 3.69. The first-order valence-corrected chi connectivity index (χ1v) is 8.19. The zero-order valence-corrected chi connectivity index (χ0v) is 14.3. The van der Waals surface area contributed by atoms with Crippen LogP contribution in [0.1, 0.15) is 22.5 Å². The van der Waals surface area contributed by atoms with Crippen molar-refractivity contribution >= 4 is 40.3 Å². The summed E-state index contributed by atoms with van der Waals surface area (Å²) in [5, 5.41) is 2.65. The summed E-state index contributed by atoms with van der Waals surface area (Å²) in [6.45, 7) is 6.21. The van der Waals surface area contributed by atoms with E-state index in [0.717, 1.165) is 22.6 Å². The van der Waals surface area contributed by atoms with E-state index in [1.807, 2.05) is 6.08 Å². The number of benzene rings is 1. The van der Waals surface area contributed by atoms with Crippen molar-refractivity contribution in [2.24, 2.45) is 0 Å². The van der Waals surface area contributed by atoms with E-state index >= 15 is 0 Å². The third-order valence-corrected chi connectivity index (χ3v) is 4.85. The van der Waals surface area contributed by atoms with Crippen molar-refractivity contribution in [3.05, 3.63) is 57.8 Å². The molecule has 1 aliphatic rings. The zero-order chi connectivity index (χ0) is 15.9. The molecule has 3 rings (SSSR count). The SMILES string of the molecule is Cc1ccc(-n2c(C)cc(/C=C3\SC(=S)NC3=O)c2C)cc1. The second-order valence-electron chi connectivity index (χ2n) is 5.35. The first-order valence-electron chi connectivity index (χ1n) is 6.96. The first-order chi connectivity index (χ1) is 10.5. The molecule has 0 bridgehead atoms. The van der Waals surface area contributed by atoms with Gasteiger partial charge in [-0.15, -0.1) is 0 Å². The lowest BCUT2D eigenvalue weighted by atomic mass is 10.2. The van der Waals surface area contributed by atoms with E-state index < -0.39 is 0 Å². The number of thiocarbonyl (C=S) groups is 1. The van der Waals surface area contributed by atoms with Crippen LogP contribution in [0, 0.1) is 20.8 Å². The van der Waals surface area contributed by atoms with E-state index in [4.69, 9.17) is 12.2 Å². The predicted molar refractivity (Wildman–Crippen MR) is 96.3 cm³/mol. The molecular formula is C17H16N2OS2. The van der Waals surface area contributed by atoms with Gasteiger partial charge in [-0.05, 0) is 50.6 Å². The van der Waals surface area contributed by atoms with Crippen molar-refractivity contribution in [3.63, 3.8) is 0 Å². The highest BCUT2D eigenvalue weighted by atomic mass is 32.2. The van der Waals surface area contributed by atoms with Crippen LogP contribution < -0.4 is 5.32 Å². The third kappa shape index (κ3) is 2.74. The van der Waals surface area contributed by atoms with Crippen LogP contribution >= 0.6 is 24.0 Å². The quantitative estimate of drug-likeness (QED) is 0.671. The molecule has 1 amide bonds. The Balaban J connectivity index is 2.04. The number of aromatic nitrogens is 1. The Morgan fingerprint density at radius 1 is 1.18 bits per heavy atom. The molecule has 2 aromatic rings. The minimum atomic E-state index is -0.116. The summed E-state index contributed by atoms with van der Waals surface area (Å²) in [6.07, 6.45) is 1.91. The Morgan fingerprint density at radius 2 is 1.86 bits per heavy atom. The lowest BCUT2D eigenvalue weighted by Gasteiger charge is -2.10. The summed E-state index contributed by atoms with van der Waals surface area (Å²) in [5.74, 6) is -0.116. The average Bonchev–Trinajstić information content (AvgIpc) is 2.92. The Morgan fingerprint density at radius 3 is 2.45 bits per heavy atom. The molecule has 1 aromatic heterocycles. The fourth-order valence-electron chi connectivity index (χ4n) is 2.59. The number of amides is 1. The molecule has 1 saturated heterocycles. The number of nitrogens with one attached hydrogen (secondary N) is 1. The maximum Gasteiger partial charge on any atom is 0.263 e. The van der Waals surface area contributed by atoms with E-state index in [1.165, 1.54) is 17.3 Å². The Kier molecular flexibility index (Phi) is 3.93. The number of hydrogen-bond acceptors (Lipinski definition) is 3. The Hall–Kier alpha value is -1.85. The molecule has 22 heavy (non-hydrogen) atoms. The standard InChI is InChI=1S/C17H16N2OS2/c1-10-4-6-14(7-5-10)19-11(2)8-13(12(19)3)9-15-16(20)18-17(21)22-15/h4-9H,1-3H3,(H,18,20,21)/b15-9-. The second-order valence-corrected chi connectivity index (χ2v) is 7.07. The van der Waals surface area contributed by atoms with Gasteiger partial charge in [-0.1, -0.05) is 41.7 Å². The molecule has 1 N–H and O–H groups in total. The van der Waals surface area contributed by atoms with Gasteiger partial charge in [0, 0.05) is 17.1 Å². The van der Waals surface area contributed by atoms with Crippen molar-refractivity contribution < 1.29 is 4.79 Å². The number of hydrogen-bond donors (Lipinski definition) is 1. The Bertz CT molecular complexity index is 801. The van der Waals surface area contributed by atoms with Gasteiger partial charge < -0.3 is 9.88 Å². The molecular weight excluding hydrogens is 312 g/mol. The highest BCUT2D eigenvalue weighted by Crippen LogP contribution is 2.29. The molecule has 0 aliphatic carbocycles. The van der Waals surface area contributed by atoms with Crippen LogP contribution in [0.3, 0.4) is 0 Å². The van der Waals surface area contributed by atoms with Crippen LogP contribution in [-0.4, -0.2) is 14.8 Å². The minimum Gasteiger partial charge on any atom is -0.318 e. The molecule has 0 spiro atoms. The maximum atomic E-state index is 11.8. The van der Waals surface area contributed by atoms with E-state index in [2.05, 4.69) is 61.0 Å². The van der Waals surface area contributed by atoms with E-state index in [1.54, 1.807) is 0 Å². The maximum absolute atomic E-state index is 11.8. The second kappa shape index (κ2) is 5.74. The van der Waals surface area contributed by atoms with Gasteiger partial charge in [0.25, 0.3) is 5.91 Å². The van der Waals surface area contributed by atoms with Crippen molar-refractivity contribution in [1.29, 1.82) is 0 Å². The molecule has 1 aromatic carbocycles. The molecule has 1 fully saturated rings. The summed E-state index contributed by atoms with van der Waals surface area (Å²) in [6, 6.07) is 10.5. The highest BCUT2D eigenvalue weighted by molar-refractivity contribution is 8.26. The van der Waals surface area contributed by atoms with Gasteiger partial charge in [0.05, 0.1) is 4.91 Å². The normalized spacial score (nSPS) is 16.4. The van der Waals surface area contributed by atoms with Crippen LogP contribution in [0.4, 0.5) is 0 Å². The van der Waals surface area contributed by atoms with Crippen molar-refractivity contribution in [2.75, 3.05) is 0 Å². The number of aryl methyl sites for hydroxylation is 2. The fraction of sp³-hybridized carbons (Fsp3) is 0.176. The average molecular weight is 328 g/mol. The number of carbonyl (C=O) groups is 1. The van der Waals surface area contributed by atoms with E-state index in [9.17, 15) is 4.79 Å². The first kappa shape index (κ1) is 15.1. The van der Waals surface area contributed by atoms with Crippen LogP contribution in [-0.2, 0) is 4.79 Å². The molecule has 0 unspecified atom stereocenters. The highest BCUT2D eigenvalue weighted by Gasteiger charge is 2.22. The van der Waals surface area contributed by atoms with E-state index in [0.29, 0.717) is 9.23 Å². The van der Waals surface area contributed by atoms with Gasteiger partial charge in [-0.2, -0.15) is 0 Å². The summed E-state index contributed by atoms with van der Waals surface area (Å²) in [4.78, 5) is 12.5. The molecule has 0 atom stereocenters. The topological polar surface area (TPSA) is 34.0 Å². The molecule has 1 aliphatic heterocycles. The lowest BCUT2D eigenvalue weighted by molar-refractivity contribution is -0.115. The number of carbonyl (C=O) groups excluding carboxylic acids is 1. The summed E-state index contributed by atoms with van der Waals surface area (Å²) in [5.41, 5.74) is 5.66. The molecule has 5 heteroatoms.